The van der Waals surface area contributed by atoms with Gasteiger partial charge in [0, 0.05) is 31.9 Å². The quantitative estimate of drug-likeness (QED) is 0.636. The van der Waals surface area contributed by atoms with Gasteiger partial charge in [0.2, 0.25) is 5.65 Å². The molecule has 9 heteroatoms. The van der Waals surface area contributed by atoms with Gasteiger partial charge < -0.3 is 14.2 Å². The van der Waals surface area contributed by atoms with Crippen LogP contribution in [0.3, 0.4) is 0 Å². The molecule has 2 saturated heterocycles. The van der Waals surface area contributed by atoms with E-state index >= 15 is 0 Å². The van der Waals surface area contributed by atoms with Gasteiger partial charge >= 0.3 is 5.97 Å². The van der Waals surface area contributed by atoms with Crippen LogP contribution in [0.5, 0.6) is 0 Å². The molecule has 2 aliphatic rings. The number of esters is 1. The molecule has 0 amide bonds. The summed E-state index contributed by atoms with van der Waals surface area (Å²) in [6.45, 7) is 6.32. The van der Waals surface area contributed by atoms with E-state index in [2.05, 4.69) is 32.1 Å². The van der Waals surface area contributed by atoms with E-state index in [9.17, 15) is 4.79 Å². The number of aryl methyl sites for hydroxylation is 1. The van der Waals surface area contributed by atoms with Crippen molar-refractivity contribution in [3.63, 3.8) is 0 Å². The van der Waals surface area contributed by atoms with E-state index in [4.69, 9.17) is 4.74 Å². The number of hydrogen-bond acceptors (Lipinski definition) is 7. The summed E-state index contributed by atoms with van der Waals surface area (Å²) < 4.78 is 9.43. The van der Waals surface area contributed by atoms with Gasteiger partial charge in [-0.1, -0.05) is 0 Å². The van der Waals surface area contributed by atoms with Crippen LogP contribution >= 0.6 is 0 Å². The zero-order chi connectivity index (χ0) is 19.3. The van der Waals surface area contributed by atoms with E-state index in [1.165, 1.54) is 0 Å². The predicted molar refractivity (Wildman–Crippen MR) is 101 cm³/mol. The molecule has 5 heterocycles. The number of carbonyl (C=O) groups is 1. The number of anilines is 1. The molecular formula is C19H23N7O2. The Morgan fingerprint density at radius 1 is 1.25 bits per heavy atom. The average Bonchev–Trinajstić information content (AvgIpc) is 3.40. The number of ether oxygens (including phenoxy) is 1. The van der Waals surface area contributed by atoms with Crippen molar-refractivity contribution >= 4 is 17.3 Å². The van der Waals surface area contributed by atoms with Gasteiger partial charge in [-0.05, 0) is 32.3 Å². The summed E-state index contributed by atoms with van der Waals surface area (Å²) in [6.07, 6.45) is 9.30. The standard InChI is InChI=1S/C19H23N7O2/c1-13-14(2)23-26-12-21-22-17(26)16(13)25-6-3-19(4-7-25)9-15(28-18(19)27)10-24-8-5-20-11-24/h5,8,11-12,15H,3-4,6-7,9-10H2,1-2H3. The minimum absolute atomic E-state index is 0.0486. The number of cyclic esters (lactones) is 1. The van der Waals surface area contributed by atoms with Gasteiger partial charge in [-0.3, -0.25) is 4.79 Å². The fourth-order valence-corrected chi connectivity index (χ4v) is 4.55. The summed E-state index contributed by atoms with van der Waals surface area (Å²) in [5.74, 6) is -0.0486. The lowest BCUT2D eigenvalue weighted by molar-refractivity contribution is -0.150. The van der Waals surface area contributed by atoms with Crippen LogP contribution in [0, 0.1) is 19.3 Å². The first-order valence-electron chi connectivity index (χ1n) is 9.65. The van der Waals surface area contributed by atoms with Gasteiger partial charge in [-0.2, -0.15) is 9.61 Å². The molecule has 1 unspecified atom stereocenters. The second-order valence-electron chi connectivity index (χ2n) is 7.92. The Bertz CT molecular complexity index is 1020. The lowest BCUT2D eigenvalue weighted by Gasteiger charge is -2.38. The number of nitrogens with zero attached hydrogens (tertiary/aromatic N) is 7. The highest BCUT2D eigenvalue weighted by atomic mass is 16.6. The summed E-state index contributed by atoms with van der Waals surface area (Å²) in [7, 11) is 0. The minimum atomic E-state index is -0.373. The van der Waals surface area contributed by atoms with Crippen LogP contribution in [0.4, 0.5) is 5.69 Å². The lowest BCUT2D eigenvalue weighted by atomic mass is 9.76. The molecule has 28 heavy (non-hydrogen) atoms. The molecular weight excluding hydrogens is 358 g/mol. The Balaban J connectivity index is 1.35. The van der Waals surface area contributed by atoms with E-state index < -0.39 is 0 Å². The third-order valence-corrected chi connectivity index (χ3v) is 6.23. The molecule has 9 nitrogen and oxygen atoms in total. The maximum atomic E-state index is 12.7. The Hall–Kier alpha value is -2.97. The zero-order valence-electron chi connectivity index (χ0n) is 16.1. The first kappa shape index (κ1) is 17.2. The number of carbonyl (C=O) groups excluding carboxylic acids is 1. The molecule has 3 aromatic rings. The normalized spacial score (nSPS) is 21.6. The number of imidazole rings is 1. The molecule has 0 N–H and O–H groups in total. The summed E-state index contributed by atoms with van der Waals surface area (Å²) in [4.78, 5) is 19.1. The number of rotatable bonds is 3. The van der Waals surface area contributed by atoms with Gasteiger partial charge in [0.1, 0.15) is 12.4 Å². The van der Waals surface area contributed by atoms with Gasteiger partial charge in [-0.25, -0.2) is 4.98 Å². The van der Waals surface area contributed by atoms with Crippen LogP contribution in [0.25, 0.3) is 5.65 Å². The number of fused-ring (bicyclic) bond motifs is 1. The molecule has 3 aromatic heterocycles. The smallest absolute Gasteiger partial charge is 0.312 e. The minimum Gasteiger partial charge on any atom is -0.460 e. The molecule has 0 saturated carbocycles. The van der Waals surface area contributed by atoms with Crippen molar-refractivity contribution in [3.05, 3.63) is 36.3 Å². The molecule has 2 fully saturated rings. The van der Waals surface area contributed by atoms with Crippen molar-refractivity contribution in [1.29, 1.82) is 0 Å². The number of piperidine rings is 1. The molecule has 0 radical (unpaired) electrons. The van der Waals surface area contributed by atoms with Gasteiger partial charge in [0.05, 0.1) is 29.7 Å². The highest BCUT2D eigenvalue weighted by Crippen LogP contribution is 2.44. The summed E-state index contributed by atoms with van der Waals surface area (Å²) in [5, 5.41) is 12.8. The first-order chi connectivity index (χ1) is 13.6. The van der Waals surface area contributed by atoms with Crippen molar-refractivity contribution in [2.75, 3.05) is 18.0 Å². The monoisotopic (exact) mass is 381 g/mol. The Morgan fingerprint density at radius 2 is 2.07 bits per heavy atom. The molecule has 146 valence electrons. The molecule has 0 aromatic carbocycles. The lowest BCUT2D eigenvalue weighted by Crippen LogP contribution is -2.43. The van der Waals surface area contributed by atoms with Gasteiger partial charge in [0.25, 0.3) is 0 Å². The Kier molecular flexibility index (Phi) is 3.85. The molecule has 0 aliphatic carbocycles. The van der Waals surface area contributed by atoms with Crippen molar-refractivity contribution < 1.29 is 9.53 Å². The highest BCUT2D eigenvalue weighted by molar-refractivity contribution is 5.80. The SMILES string of the molecule is Cc1nn2cnnc2c(N2CCC3(CC2)CC(Cn2ccnc2)OC3=O)c1C. The second kappa shape index (κ2) is 6.29. The zero-order valence-corrected chi connectivity index (χ0v) is 16.1. The van der Waals surface area contributed by atoms with Crippen LogP contribution in [0.2, 0.25) is 0 Å². The Morgan fingerprint density at radius 3 is 2.82 bits per heavy atom. The third-order valence-electron chi connectivity index (χ3n) is 6.23. The van der Waals surface area contributed by atoms with E-state index in [1.54, 1.807) is 23.4 Å². The van der Waals surface area contributed by atoms with Crippen LogP contribution in [0.15, 0.2) is 25.0 Å². The van der Waals surface area contributed by atoms with E-state index in [-0.39, 0.29) is 17.5 Å². The van der Waals surface area contributed by atoms with Crippen molar-refractivity contribution in [2.24, 2.45) is 5.41 Å². The third kappa shape index (κ3) is 2.64. The molecule has 1 atom stereocenters. The predicted octanol–water partition coefficient (Wildman–Crippen LogP) is 1.54. The van der Waals surface area contributed by atoms with Crippen LogP contribution < -0.4 is 4.90 Å². The van der Waals surface area contributed by atoms with Gasteiger partial charge in [0.15, 0.2) is 0 Å². The fraction of sp³-hybridized carbons (Fsp3) is 0.526. The maximum Gasteiger partial charge on any atom is 0.312 e. The second-order valence-corrected chi connectivity index (χ2v) is 7.92. The fourth-order valence-electron chi connectivity index (χ4n) is 4.55. The van der Waals surface area contributed by atoms with Gasteiger partial charge in [-0.15, -0.1) is 10.2 Å². The maximum absolute atomic E-state index is 12.7. The van der Waals surface area contributed by atoms with Crippen LogP contribution in [-0.2, 0) is 16.1 Å². The number of aromatic nitrogens is 6. The van der Waals surface area contributed by atoms with Crippen LogP contribution in [-0.4, -0.2) is 54.5 Å². The van der Waals surface area contributed by atoms with E-state index in [0.717, 1.165) is 54.9 Å². The van der Waals surface area contributed by atoms with E-state index in [0.29, 0.717) is 6.54 Å². The molecule has 5 rings (SSSR count). The Labute approximate surface area is 162 Å². The first-order valence-corrected chi connectivity index (χ1v) is 9.65. The topological polar surface area (TPSA) is 90.4 Å². The van der Waals surface area contributed by atoms with E-state index in [1.807, 2.05) is 17.7 Å². The summed E-state index contributed by atoms with van der Waals surface area (Å²) in [6, 6.07) is 0. The molecule has 2 aliphatic heterocycles. The average molecular weight is 381 g/mol. The summed E-state index contributed by atoms with van der Waals surface area (Å²) in [5.41, 5.74) is 3.54. The largest absolute Gasteiger partial charge is 0.460 e. The molecule has 1 spiro atoms. The van der Waals surface area contributed by atoms with Crippen LogP contribution in [0.1, 0.15) is 30.5 Å². The summed E-state index contributed by atoms with van der Waals surface area (Å²) >= 11 is 0. The van der Waals surface area contributed by atoms with Crippen molar-refractivity contribution in [3.8, 4) is 0 Å². The number of hydrogen-bond donors (Lipinski definition) is 0. The van der Waals surface area contributed by atoms with Crippen molar-refractivity contribution in [1.82, 2.24) is 29.4 Å². The highest BCUT2D eigenvalue weighted by Gasteiger charge is 2.50. The molecule has 0 bridgehead atoms. The van der Waals surface area contributed by atoms with Crippen molar-refractivity contribution in [2.45, 2.75) is 45.8 Å².